The topological polar surface area (TPSA) is 99.7 Å². The van der Waals surface area contributed by atoms with Crippen molar-refractivity contribution in [2.75, 3.05) is 26.6 Å². The molecule has 164 valence electrons. The van der Waals surface area contributed by atoms with Gasteiger partial charge in [0.25, 0.3) is 10.0 Å². The van der Waals surface area contributed by atoms with E-state index in [4.69, 9.17) is 15.2 Å². The summed E-state index contributed by atoms with van der Waals surface area (Å²) in [6.07, 6.45) is 2.37. The van der Waals surface area contributed by atoms with Gasteiger partial charge in [-0.2, -0.15) is 9.19 Å². The third-order valence-corrected chi connectivity index (χ3v) is 6.67. The highest BCUT2D eigenvalue weighted by atomic mass is 32.2. The summed E-state index contributed by atoms with van der Waals surface area (Å²) in [7, 11) is -1.96. The van der Waals surface area contributed by atoms with E-state index in [0.717, 1.165) is 34.1 Å². The molecule has 0 aliphatic carbocycles. The van der Waals surface area contributed by atoms with Crippen LogP contribution in [0, 0.1) is 11.6 Å². The van der Waals surface area contributed by atoms with Gasteiger partial charge in [-0.3, -0.25) is 4.90 Å². The van der Waals surface area contributed by atoms with Crippen LogP contribution in [0.3, 0.4) is 0 Å². The van der Waals surface area contributed by atoms with Crippen molar-refractivity contribution >= 4 is 10.0 Å². The maximum Gasteiger partial charge on any atom is 0.251 e. The molecule has 30 heavy (non-hydrogen) atoms. The van der Waals surface area contributed by atoms with Crippen molar-refractivity contribution in [2.45, 2.75) is 37.2 Å². The molecule has 1 aromatic carbocycles. The highest BCUT2D eigenvalue weighted by Gasteiger charge is 2.42. The molecule has 0 unspecified atom stereocenters. The molecule has 0 bridgehead atoms. The Labute approximate surface area is 173 Å². The van der Waals surface area contributed by atoms with Gasteiger partial charge in [0.05, 0.1) is 37.4 Å². The SMILES string of the molecule is COC[C@H]1c2cnn(S(C)(=O)=O)c2CN1[C@H]1CO[C@H](c2cc(F)ccc2F)[C@@H](N)C1. The summed E-state index contributed by atoms with van der Waals surface area (Å²) < 4.78 is 64.2. The van der Waals surface area contributed by atoms with E-state index in [2.05, 4.69) is 10.00 Å². The van der Waals surface area contributed by atoms with E-state index in [-0.39, 0.29) is 24.3 Å². The van der Waals surface area contributed by atoms with Gasteiger partial charge in [0.2, 0.25) is 0 Å². The van der Waals surface area contributed by atoms with Gasteiger partial charge in [0.15, 0.2) is 0 Å². The largest absolute Gasteiger partial charge is 0.383 e. The highest BCUT2D eigenvalue weighted by Crippen LogP contribution is 2.40. The molecule has 2 aliphatic heterocycles. The fourth-order valence-corrected chi connectivity index (χ4v) is 5.18. The van der Waals surface area contributed by atoms with Gasteiger partial charge in [0.1, 0.15) is 17.7 Å². The maximum absolute atomic E-state index is 14.2. The van der Waals surface area contributed by atoms with Crippen LogP contribution in [0.4, 0.5) is 8.78 Å². The summed E-state index contributed by atoms with van der Waals surface area (Å²) in [6.45, 7) is 0.928. The van der Waals surface area contributed by atoms with Gasteiger partial charge in [-0.25, -0.2) is 17.2 Å². The lowest BCUT2D eigenvalue weighted by Crippen LogP contribution is -2.49. The van der Waals surface area contributed by atoms with Crippen LogP contribution in [0.2, 0.25) is 0 Å². The lowest BCUT2D eigenvalue weighted by atomic mass is 9.93. The number of halogens is 2. The third kappa shape index (κ3) is 3.76. The molecule has 1 fully saturated rings. The number of aromatic nitrogens is 2. The Morgan fingerprint density at radius 3 is 2.77 bits per heavy atom. The molecule has 1 saturated heterocycles. The molecular weight excluding hydrogens is 418 g/mol. The molecule has 4 atom stereocenters. The van der Waals surface area contributed by atoms with E-state index in [1.54, 1.807) is 13.3 Å². The van der Waals surface area contributed by atoms with Gasteiger partial charge < -0.3 is 15.2 Å². The summed E-state index contributed by atoms with van der Waals surface area (Å²) in [6, 6.07) is 2.32. The molecule has 2 aliphatic rings. The number of methoxy groups -OCH3 is 1. The van der Waals surface area contributed by atoms with E-state index in [1.807, 2.05) is 0 Å². The van der Waals surface area contributed by atoms with Gasteiger partial charge in [-0.15, -0.1) is 0 Å². The summed E-state index contributed by atoms with van der Waals surface area (Å²) in [5, 5.41) is 4.02. The molecule has 0 amide bonds. The van der Waals surface area contributed by atoms with Crippen LogP contribution >= 0.6 is 0 Å². The lowest BCUT2D eigenvalue weighted by molar-refractivity contribution is -0.0672. The fourth-order valence-electron chi connectivity index (χ4n) is 4.40. The second-order valence-electron chi connectivity index (χ2n) is 7.77. The number of fused-ring (bicyclic) bond motifs is 1. The molecule has 0 radical (unpaired) electrons. The standard InChI is InChI=1S/C19H24F2N4O4S/c1-28-10-18-14-7-23-25(30(2,26)27)17(14)8-24(18)12-6-16(22)19(29-9-12)13-5-11(20)3-4-15(13)21/h3-5,7,12,16,18-19H,6,8-10,22H2,1-2H3/t12-,16+,18+,19-/m1/s1. The molecule has 4 rings (SSSR count). The van der Waals surface area contributed by atoms with Crippen molar-refractivity contribution in [1.82, 2.24) is 14.1 Å². The smallest absolute Gasteiger partial charge is 0.251 e. The van der Waals surface area contributed by atoms with Crippen LogP contribution in [0.5, 0.6) is 0 Å². The normalized spacial score (nSPS) is 27.4. The summed E-state index contributed by atoms with van der Waals surface area (Å²) in [5.41, 5.74) is 7.78. The van der Waals surface area contributed by atoms with Crippen molar-refractivity contribution in [3.8, 4) is 0 Å². The van der Waals surface area contributed by atoms with Crippen molar-refractivity contribution in [3.63, 3.8) is 0 Å². The number of hydrogen-bond acceptors (Lipinski definition) is 7. The van der Waals surface area contributed by atoms with Crippen LogP contribution in [0.15, 0.2) is 24.4 Å². The van der Waals surface area contributed by atoms with Gasteiger partial charge in [-0.1, -0.05) is 0 Å². The van der Waals surface area contributed by atoms with E-state index < -0.39 is 33.8 Å². The first-order valence-corrected chi connectivity index (χ1v) is 11.4. The Hall–Kier alpha value is -1.92. The zero-order valence-corrected chi connectivity index (χ0v) is 17.5. The fraction of sp³-hybridized carbons (Fsp3) is 0.526. The van der Waals surface area contributed by atoms with Crippen molar-refractivity contribution in [1.29, 1.82) is 0 Å². The minimum atomic E-state index is -3.54. The zero-order chi connectivity index (χ0) is 21.6. The van der Waals surface area contributed by atoms with Gasteiger partial charge >= 0.3 is 0 Å². The van der Waals surface area contributed by atoms with E-state index >= 15 is 0 Å². The number of nitrogens with zero attached hydrogens (tertiary/aromatic N) is 3. The zero-order valence-electron chi connectivity index (χ0n) is 16.7. The minimum Gasteiger partial charge on any atom is -0.383 e. The molecule has 1 aromatic heterocycles. The van der Waals surface area contributed by atoms with E-state index in [9.17, 15) is 17.2 Å². The number of rotatable bonds is 5. The summed E-state index contributed by atoms with van der Waals surface area (Å²) in [5.74, 6) is -1.11. The Morgan fingerprint density at radius 2 is 2.10 bits per heavy atom. The second kappa shape index (κ2) is 7.97. The second-order valence-corrected chi connectivity index (χ2v) is 9.58. The molecule has 0 saturated carbocycles. The maximum atomic E-state index is 14.2. The highest BCUT2D eigenvalue weighted by molar-refractivity contribution is 7.89. The quantitative estimate of drug-likeness (QED) is 0.746. The first kappa shape index (κ1) is 21.3. The Kier molecular flexibility index (Phi) is 5.66. The molecule has 0 spiro atoms. The van der Waals surface area contributed by atoms with Crippen LogP contribution in [0.25, 0.3) is 0 Å². The number of nitrogens with two attached hydrogens (primary N) is 1. The molecule has 2 aromatic rings. The molecule has 2 N–H and O–H groups in total. The molecular formula is C19H24F2N4O4S. The minimum absolute atomic E-state index is 0.104. The summed E-state index contributed by atoms with van der Waals surface area (Å²) in [4.78, 5) is 2.08. The van der Waals surface area contributed by atoms with Crippen molar-refractivity contribution in [3.05, 3.63) is 52.9 Å². The Bertz CT molecular complexity index is 1050. The van der Waals surface area contributed by atoms with Crippen molar-refractivity contribution < 1.29 is 26.7 Å². The van der Waals surface area contributed by atoms with Gasteiger partial charge in [-0.05, 0) is 24.6 Å². The van der Waals surface area contributed by atoms with Crippen LogP contribution in [-0.2, 0) is 26.0 Å². The number of benzene rings is 1. The predicted molar refractivity (Wildman–Crippen MR) is 104 cm³/mol. The predicted octanol–water partition coefficient (Wildman–Crippen LogP) is 1.33. The van der Waals surface area contributed by atoms with Gasteiger partial charge in [0, 0.05) is 36.9 Å². The molecule has 11 heteroatoms. The first-order valence-electron chi connectivity index (χ1n) is 9.55. The average molecular weight is 442 g/mol. The molecule has 3 heterocycles. The Balaban J connectivity index is 1.56. The monoisotopic (exact) mass is 442 g/mol. The van der Waals surface area contributed by atoms with E-state index in [0.29, 0.717) is 25.3 Å². The van der Waals surface area contributed by atoms with Crippen molar-refractivity contribution in [2.24, 2.45) is 5.73 Å². The molecule has 8 nitrogen and oxygen atoms in total. The number of ether oxygens (including phenoxy) is 2. The van der Waals surface area contributed by atoms with Crippen LogP contribution in [0.1, 0.15) is 35.4 Å². The summed E-state index contributed by atoms with van der Waals surface area (Å²) >= 11 is 0. The van der Waals surface area contributed by atoms with Crippen LogP contribution in [-0.4, -0.2) is 61.2 Å². The van der Waals surface area contributed by atoms with Crippen LogP contribution < -0.4 is 5.73 Å². The first-order chi connectivity index (χ1) is 14.2. The number of hydrogen-bond donors (Lipinski definition) is 1. The average Bonchev–Trinajstić information content (AvgIpc) is 3.24. The lowest BCUT2D eigenvalue weighted by Gasteiger charge is -2.41. The van der Waals surface area contributed by atoms with E-state index in [1.165, 1.54) is 0 Å². The Morgan fingerprint density at radius 1 is 1.33 bits per heavy atom. The third-order valence-electron chi connectivity index (χ3n) is 5.73.